The fourth-order valence-corrected chi connectivity index (χ4v) is 2.91. The molecular weight excluding hydrogens is 358 g/mol. The Balaban J connectivity index is 1.70. The van der Waals surface area contributed by atoms with E-state index in [9.17, 15) is 4.79 Å². The Morgan fingerprint density at radius 1 is 1.07 bits per heavy atom. The predicted octanol–water partition coefficient (Wildman–Crippen LogP) is 5.53. The maximum absolute atomic E-state index is 12.5. The van der Waals surface area contributed by atoms with Crippen molar-refractivity contribution in [1.29, 1.82) is 0 Å². The molecule has 0 radical (unpaired) electrons. The van der Waals surface area contributed by atoms with Crippen molar-refractivity contribution in [3.63, 3.8) is 0 Å². The Kier molecular flexibility index (Phi) is 6.09. The summed E-state index contributed by atoms with van der Waals surface area (Å²) in [6.07, 6.45) is 3.28. The lowest BCUT2D eigenvalue weighted by molar-refractivity contribution is 0.0950. The molecule has 0 aliphatic heterocycles. The normalized spacial score (nSPS) is 10.7. The highest BCUT2D eigenvalue weighted by Gasteiger charge is 2.09. The first-order valence-corrected chi connectivity index (χ1v) is 9.24. The number of nitrogens with one attached hydrogen (secondary N) is 2. The van der Waals surface area contributed by atoms with Crippen LogP contribution < -0.4 is 10.6 Å². The van der Waals surface area contributed by atoms with Gasteiger partial charge in [0.05, 0.1) is 17.4 Å². The summed E-state index contributed by atoms with van der Waals surface area (Å²) in [6.45, 7) is 4.74. The lowest BCUT2D eigenvalue weighted by Crippen LogP contribution is -2.23. The lowest BCUT2D eigenvalue weighted by atomic mass is 10.0. The van der Waals surface area contributed by atoms with Crippen molar-refractivity contribution in [2.45, 2.75) is 26.3 Å². The third kappa shape index (κ3) is 5.08. The largest absolute Gasteiger partial charge is 0.354 e. The number of nitrogens with zero attached hydrogens (tertiary/aromatic N) is 1. The first-order chi connectivity index (χ1) is 13.0. The van der Waals surface area contributed by atoms with E-state index in [0.717, 1.165) is 16.9 Å². The van der Waals surface area contributed by atoms with Gasteiger partial charge in [0.2, 0.25) is 0 Å². The van der Waals surface area contributed by atoms with E-state index in [0.29, 0.717) is 23.0 Å². The summed E-state index contributed by atoms with van der Waals surface area (Å²) in [5.74, 6) is 0.228. The maximum Gasteiger partial charge on any atom is 0.253 e. The molecule has 0 saturated heterocycles. The van der Waals surface area contributed by atoms with Crippen LogP contribution in [0.15, 0.2) is 67.0 Å². The Hall–Kier alpha value is -2.85. The van der Waals surface area contributed by atoms with Crippen LogP contribution in [0.3, 0.4) is 0 Å². The van der Waals surface area contributed by atoms with Gasteiger partial charge in [0, 0.05) is 23.5 Å². The molecule has 27 heavy (non-hydrogen) atoms. The Labute approximate surface area is 164 Å². The van der Waals surface area contributed by atoms with Gasteiger partial charge in [0.25, 0.3) is 5.91 Å². The Morgan fingerprint density at radius 3 is 2.56 bits per heavy atom. The number of hydrogen-bond donors (Lipinski definition) is 2. The number of benzene rings is 2. The molecule has 1 aromatic heterocycles. The maximum atomic E-state index is 12.5. The minimum atomic E-state index is -0.168. The average Bonchev–Trinajstić information content (AvgIpc) is 2.68. The zero-order valence-corrected chi connectivity index (χ0v) is 16.1. The van der Waals surface area contributed by atoms with Gasteiger partial charge in [-0.1, -0.05) is 55.8 Å². The number of carbonyl (C=O) groups excluding carboxylic acids is 1. The fourth-order valence-electron chi connectivity index (χ4n) is 2.79. The molecule has 0 fully saturated rings. The van der Waals surface area contributed by atoms with Crippen molar-refractivity contribution in [1.82, 2.24) is 10.3 Å². The second kappa shape index (κ2) is 8.69. The minimum absolute atomic E-state index is 0.168. The lowest BCUT2D eigenvalue weighted by Gasteiger charge is -2.15. The molecule has 138 valence electrons. The number of rotatable bonds is 6. The number of amides is 1. The van der Waals surface area contributed by atoms with Crippen LogP contribution in [0.2, 0.25) is 5.02 Å². The summed E-state index contributed by atoms with van der Waals surface area (Å²) >= 11 is 5.88. The van der Waals surface area contributed by atoms with Crippen molar-refractivity contribution in [2.75, 3.05) is 5.32 Å². The SMILES string of the molecule is CC(C)c1ccccc1Nc1cncc(C(=O)NCc2ccc(Cl)cc2)c1. The standard InChI is InChI=1S/C22H22ClN3O/c1-15(2)20-5-3-4-6-21(20)26-19-11-17(13-24-14-19)22(27)25-12-16-7-9-18(23)10-8-16/h3-11,13-15,26H,12H2,1-2H3,(H,25,27). The first-order valence-electron chi connectivity index (χ1n) is 8.86. The second-order valence-corrected chi connectivity index (χ2v) is 7.07. The molecule has 3 rings (SSSR count). The van der Waals surface area contributed by atoms with Crippen molar-refractivity contribution in [3.8, 4) is 0 Å². The van der Waals surface area contributed by atoms with Crippen LogP contribution in [-0.2, 0) is 6.54 Å². The number of pyridine rings is 1. The van der Waals surface area contributed by atoms with Gasteiger partial charge in [-0.15, -0.1) is 0 Å². The number of anilines is 2. The number of para-hydroxylation sites is 1. The van der Waals surface area contributed by atoms with Crippen molar-refractivity contribution >= 4 is 28.9 Å². The van der Waals surface area contributed by atoms with Crippen LogP contribution in [0.1, 0.15) is 41.3 Å². The van der Waals surface area contributed by atoms with Gasteiger partial charge in [-0.05, 0) is 41.3 Å². The molecule has 4 nitrogen and oxygen atoms in total. The summed E-state index contributed by atoms with van der Waals surface area (Å²) in [5, 5.41) is 6.95. The van der Waals surface area contributed by atoms with Crippen molar-refractivity contribution < 1.29 is 4.79 Å². The third-order valence-electron chi connectivity index (χ3n) is 4.23. The minimum Gasteiger partial charge on any atom is -0.354 e. The molecular formula is C22H22ClN3O. The highest BCUT2D eigenvalue weighted by molar-refractivity contribution is 6.30. The van der Waals surface area contributed by atoms with Crippen LogP contribution in [-0.4, -0.2) is 10.9 Å². The fraction of sp³-hybridized carbons (Fsp3) is 0.182. The smallest absolute Gasteiger partial charge is 0.253 e. The summed E-state index contributed by atoms with van der Waals surface area (Å²) in [7, 11) is 0. The van der Waals surface area contributed by atoms with Gasteiger partial charge in [-0.3, -0.25) is 9.78 Å². The number of carbonyl (C=O) groups is 1. The van der Waals surface area contributed by atoms with Gasteiger partial charge < -0.3 is 10.6 Å². The molecule has 1 heterocycles. The highest BCUT2D eigenvalue weighted by Crippen LogP contribution is 2.26. The first kappa shape index (κ1) is 18.9. The second-order valence-electron chi connectivity index (χ2n) is 6.64. The number of aromatic nitrogens is 1. The highest BCUT2D eigenvalue weighted by atomic mass is 35.5. The van der Waals surface area contributed by atoms with Gasteiger partial charge in [0.1, 0.15) is 0 Å². The monoisotopic (exact) mass is 379 g/mol. The number of halogens is 1. The van der Waals surface area contributed by atoms with Crippen LogP contribution >= 0.6 is 11.6 Å². The molecule has 5 heteroatoms. The summed E-state index contributed by atoms with van der Waals surface area (Å²) in [5.41, 5.74) is 4.52. The zero-order chi connectivity index (χ0) is 19.2. The molecule has 2 N–H and O–H groups in total. The van der Waals surface area contributed by atoms with Gasteiger partial charge in [-0.2, -0.15) is 0 Å². The van der Waals surface area contributed by atoms with E-state index in [1.54, 1.807) is 30.6 Å². The zero-order valence-electron chi connectivity index (χ0n) is 15.4. The average molecular weight is 380 g/mol. The van der Waals surface area contributed by atoms with E-state index >= 15 is 0 Å². The van der Waals surface area contributed by atoms with E-state index in [1.165, 1.54) is 5.56 Å². The van der Waals surface area contributed by atoms with Crippen LogP contribution in [0.5, 0.6) is 0 Å². The molecule has 0 aliphatic rings. The molecule has 0 unspecified atom stereocenters. The van der Waals surface area contributed by atoms with Crippen molar-refractivity contribution in [3.05, 3.63) is 88.7 Å². The molecule has 0 aliphatic carbocycles. The molecule has 0 spiro atoms. The Morgan fingerprint density at radius 2 is 1.81 bits per heavy atom. The topological polar surface area (TPSA) is 54.0 Å². The molecule has 2 aromatic carbocycles. The summed E-state index contributed by atoms with van der Waals surface area (Å²) in [4.78, 5) is 16.7. The molecule has 0 saturated carbocycles. The molecule has 1 amide bonds. The Bertz CT molecular complexity index is 923. The van der Waals surface area contributed by atoms with E-state index < -0.39 is 0 Å². The van der Waals surface area contributed by atoms with Gasteiger partial charge >= 0.3 is 0 Å². The molecule has 0 atom stereocenters. The molecule has 0 bridgehead atoms. The quantitative estimate of drug-likeness (QED) is 0.591. The van der Waals surface area contributed by atoms with Gasteiger partial charge in [-0.25, -0.2) is 0 Å². The summed E-state index contributed by atoms with van der Waals surface area (Å²) < 4.78 is 0. The van der Waals surface area contributed by atoms with E-state index in [-0.39, 0.29) is 5.91 Å². The third-order valence-corrected chi connectivity index (χ3v) is 4.48. The van der Waals surface area contributed by atoms with Crippen LogP contribution in [0.4, 0.5) is 11.4 Å². The number of hydrogen-bond acceptors (Lipinski definition) is 3. The molecule has 3 aromatic rings. The van der Waals surface area contributed by atoms with Crippen molar-refractivity contribution in [2.24, 2.45) is 0 Å². The van der Waals surface area contributed by atoms with Crippen LogP contribution in [0.25, 0.3) is 0 Å². The van der Waals surface area contributed by atoms with E-state index in [1.807, 2.05) is 30.3 Å². The van der Waals surface area contributed by atoms with E-state index in [2.05, 4.69) is 35.5 Å². The van der Waals surface area contributed by atoms with Gasteiger partial charge in [0.15, 0.2) is 0 Å². The van der Waals surface area contributed by atoms with Crippen LogP contribution in [0, 0.1) is 0 Å². The summed E-state index contributed by atoms with van der Waals surface area (Å²) in [6, 6.07) is 17.3. The predicted molar refractivity (Wildman–Crippen MR) is 111 cm³/mol. The van der Waals surface area contributed by atoms with E-state index in [4.69, 9.17) is 11.6 Å².